The van der Waals surface area contributed by atoms with Gasteiger partial charge in [0, 0.05) is 5.56 Å². The van der Waals surface area contributed by atoms with Crippen LogP contribution in [-0.4, -0.2) is 10.2 Å². The molecule has 0 aliphatic rings. The van der Waals surface area contributed by atoms with Crippen LogP contribution in [0.1, 0.15) is 109 Å². The van der Waals surface area contributed by atoms with Gasteiger partial charge in [-0.2, -0.15) is 0 Å². The summed E-state index contributed by atoms with van der Waals surface area (Å²) in [5.74, 6) is 3.12. The van der Waals surface area contributed by atoms with Gasteiger partial charge in [-0.15, -0.1) is 0 Å². The molecule has 2 heteroatoms. The monoisotopic (exact) mass is 416 g/mol. The second-order valence-corrected chi connectivity index (χ2v) is 10.3. The molecule has 0 heterocycles. The van der Waals surface area contributed by atoms with E-state index >= 15 is 0 Å². The minimum absolute atomic E-state index is 0.273. The molecule has 1 rings (SSSR count). The van der Waals surface area contributed by atoms with Gasteiger partial charge in [0.05, 0.1) is 0 Å². The number of phenolic OH excluding ortho intramolecular Hbond substituents is 2. The highest BCUT2D eigenvalue weighted by atomic mass is 16.3. The number of benzene rings is 1. The van der Waals surface area contributed by atoms with E-state index < -0.39 is 0 Å². The smallest absolute Gasteiger partial charge is 0.122 e. The van der Waals surface area contributed by atoms with Crippen LogP contribution in [0.15, 0.2) is 17.7 Å². The summed E-state index contributed by atoms with van der Waals surface area (Å²) in [6.45, 7) is 15.3. The van der Waals surface area contributed by atoms with E-state index in [1.807, 2.05) is 13.8 Å². The van der Waals surface area contributed by atoms with E-state index in [4.69, 9.17) is 0 Å². The summed E-state index contributed by atoms with van der Waals surface area (Å²) < 4.78 is 0. The third kappa shape index (κ3) is 10.0. The molecule has 0 amide bonds. The maximum absolute atomic E-state index is 10.3. The van der Waals surface area contributed by atoms with Crippen molar-refractivity contribution in [2.75, 3.05) is 0 Å². The second kappa shape index (κ2) is 13.8. The van der Waals surface area contributed by atoms with E-state index in [0.717, 1.165) is 40.9 Å². The summed E-state index contributed by atoms with van der Waals surface area (Å²) in [5, 5.41) is 20.3. The Kier molecular flexibility index (Phi) is 12.2. The molecular formula is C28H48O2. The van der Waals surface area contributed by atoms with Gasteiger partial charge in [0.15, 0.2) is 0 Å². The first-order valence-electron chi connectivity index (χ1n) is 12.3. The molecule has 2 N–H and O–H groups in total. The predicted molar refractivity (Wildman–Crippen MR) is 131 cm³/mol. The average molecular weight is 417 g/mol. The Morgan fingerprint density at radius 3 is 1.93 bits per heavy atom. The summed E-state index contributed by atoms with van der Waals surface area (Å²) in [7, 11) is 0. The van der Waals surface area contributed by atoms with Crippen LogP contribution >= 0.6 is 0 Å². The summed E-state index contributed by atoms with van der Waals surface area (Å²) in [6.07, 6.45) is 14.8. The molecule has 0 radical (unpaired) electrons. The Morgan fingerprint density at radius 1 is 0.833 bits per heavy atom. The van der Waals surface area contributed by atoms with Crippen LogP contribution in [-0.2, 0) is 6.42 Å². The topological polar surface area (TPSA) is 40.5 Å². The fraction of sp³-hybridized carbons (Fsp3) is 0.714. The molecule has 0 saturated heterocycles. The lowest BCUT2D eigenvalue weighted by atomic mass is 9.91. The Hall–Kier alpha value is -1.44. The van der Waals surface area contributed by atoms with E-state index in [1.54, 1.807) is 6.07 Å². The molecule has 0 spiro atoms. The van der Waals surface area contributed by atoms with Gasteiger partial charge in [-0.25, -0.2) is 0 Å². The number of aromatic hydroxyl groups is 2. The molecular weight excluding hydrogens is 368 g/mol. The molecule has 0 aromatic heterocycles. The third-order valence-electron chi connectivity index (χ3n) is 6.73. The van der Waals surface area contributed by atoms with Gasteiger partial charge in [-0.05, 0) is 75.0 Å². The van der Waals surface area contributed by atoms with Gasteiger partial charge < -0.3 is 10.2 Å². The molecule has 0 aliphatic carbocycles. The lowest BCUT2D eigenvalue weighted by Crippen LogP contribution is -2.00. The Morgan fingerprint density at radius 2 is 1.37 bits per heavy atom. The molecule has 0 fully saturated rings. The minimum atomic E-state index is 0.273. The highest BCUT2D eigenvalue weighted by Gasteiger charge is 2.11. The number of hydrogen-bond acceptors (Lipinski definition) is 2. The van der Waals surface area contributed by atoms with Crippen molar-refractivity contribution in [3.8, 4) is 11.5 Å². The second-order valence-electron chi connectivity index (χ2n) is 10.3. The van der Waals surface area contributed by atoms with Crippen LogP contribution in [0, 0.1) is 31.6 Å². The van der Waals surface area contributed by atoms with Gasteiger partial charge in [0.1, 0.15) is 11.5 Å². The van der Waals surface area contributed by atoms with Crippen molar-refractivity contribution in [2.45, 2.75) is 113 Å². The molecule has 2 unspecified atom stereocenters. The zero-order chi connectivity index (χ0) is 22.7. The first kappa shape index (κ1) is 26.6. The molecule has 0 bridgehead atoms. The lowest BCUT2D eigenvalue weighted by molar-refractivity contribution is 0.389. The molecule has 0 aliphatic heterocycles. The predicted octanol–water partition coefficient (Wildman–Crippen LogP) is 8.64. The zero-order valence-corrected chi connectivity index (χ0v) is 20.9. The van der Waals surface area contributed by atoms with E-state index in [1.165, 1.54) is 56.9 Å². The maximum atomic E-state index is 10.3. The van der Waals surface area contributed by atoms with Crippen LogP contribution in [0.5, 0.6) is 11.5 Å². The summed E-state index contributed by atoms with van der Waals surface area (Å²) in [6, 6.07) is 1.70. The first-order valence-corrected chi connectivity index (χ1v) is 12.3. The molecule has 0 saturated carbocycles. The van der Waals surface area contributed by atoms with Crippen molar-refractivity contribution in [2.24, 2.45) is 17.8 Å². The number of hydrogen-bond donors (Lipinski definition) is 2. The van der Waals surface area contributed by atoms with Crippen LogP contribution in [0.2, 0.25) is 0 Å². The third-order valence-corrected chi connectivity index (χ3v) is 6.73. The number of phenols is 2. The van der Waals surface area contributed by atoms with Crippen LogP contribution in [0.25, 0.3) is 0 Å². The fourth-order valence-corrected chi connectivity index (χ4v) is 4.20. The molecule has 1 aromatic rings. The van der Waals surface area contributed by atoms with Crippen LogP contribution < -0.4 is 0 Å². The lowest BCUT2D eigenvalue weighted by Gasteiger charge is -2.15. The van der Waals surface area contributed by atoms with E-state index in [9.17, 15) is 10.2 Å². The molecule has 2 atom stereocenters. The van der Waals surface area contributed by atoms with Crippen molar-refractivity contribution in [3.63, 3.8) is 0 Å². The Balaban J connectivity index is 2.27. The van der Waals surface area contributed by atoms with Crippen molar-refractivity contribution >= 4 is 0 Å². The van der Waals surface area contributed by atoms with Crippen LogP contribution in [0.4, 0.5) is 0 Å². The molecule has 172 valence electrons. The average Bonchev–Trinajstić information content (AvgIpc) is 2.67. The SMILES string of the molecule is C/C(=C\Cc1cc(O)c(C)c(C)c1O)CCCC(C)CCCC(C)CCCC(C)C. The zero-order valence-electron chi connectivity index (χ0n) is 20.9. The normalized spacial score (nSPS) is 14.3. The van der Waals surface area contributed by atoms with E-state index in [-0.39, 0.29) is 5.75 Å². The van der Waals surface area contributed by atoms with Crippen molar-refractivity contribution < 1.29 is 10.2 Å². The quantitative estimate of drug-likeness (QED) is 0.235. The molecule has 30 heavy (non-hydrogen) atoms. The largest absolute Gasteiger partial charge is 0.508 e. The molecule has 2 nitrogen and oxygen atoms in total. The highest BCUT2D eigenvalue weighted by Crippen LogP contribution is 2.32. The summed E-state index contributed by atoms with van der Waals surface area (Å²) in [4.78, 5) is 0. The standard InChI is InChI=1S/C28H48O2/c1-20(2)11-8-12-21(3)13-9-14-22(4)15-10-16-23(5)17-18-26-19-27(29)24(6)25(7)28(26)30/h17,19-22,29-30H,8-16,18H2,1-7H3/b23-17+. The fourth-order valence-electron chi connectivity index (χ4n) is 4.20. The van der Waals surface area contributed by atoms with Crippen molar-refractivity contribution in [1.82, 2.24) is 0 Å². The molecule has 1 aromatic carbocycles. The Bertz CT molecular complexity index is 657. The van der Waals surface area contributed by atoms with E-state index in [2.05, 4.69) is 40.7 Å². The maximum Gasteiger partial charge on any atom is 0.122 e. The van der Waals surface area contributed by atoms with Crippen LogP contribution in [0.3, 0.4) is 0 Å². The highest BCUT2D eigenvalue weighted by molar-refractivity contribution is 5.51. The van der Waals surface area contributed by atoms with Crippen molar-refractivity contribution in [3.05, 3.63) is 34.4 Å². The van der Waals surface area contributed by atoms with E-state index in [0.29, 0.717) is 12.2 Å². The van der Waals surface area contributed by atoms with Gasteiger partial charge in [-0.1, -0.05) is 84.3 Å². The number of rotatable bonds is 14. The van der Waals surface area contributed by atoms with Gasteiger partial charge >= 0.3 is 0 Å². The van der Waals surface area contributed by atoms with Crippen molar-refractivity contribution in [1.29, 1.82) is 0 Å². The Labute approximate surface area is 186 Å². The minimum Gasteiger partial charge on any atom is -0.508 e. The first-order chi connectivity index (χ1) is 14.1. The van der Waals surface area contributed by atoms with Gasteiger partial charge in [-0.3, -0.25) is 0 Å². The summed E-state index contributed by atoms with van der Waals surface area (Å²) in [5.41, 5.74) is 3.72. The number of allylic oxidation sites excluding steroid dienone is 2. The summed E-state index contributed by atoms with van der Waals surface area (Å²) >= 11 is 0. The van der Waals surface area contributed by atoms with Gasteiger partial charge in [0.2, 0.25) is 0 Å². The van der Waals surface area contributed by atoms with Gasteiger partial charge in [0.25, 0.3) is 0 Å².